The normalized spacial score (nSPS) is 10.7. The van der Waals surface area contributed by atoms with Gasteiger partial charge < -0.3 is 20.9 Å². The number of H-pyrrole nitrogens is 1. The molecule has 8 nitrogen and oxygen atoms in total. The summed E-state index contributed by atoms with van der Waals surface area (Å²) in [5.74, 6) is -1.04. The third kappa shape index (κ3) is 3.57. The van der Waals surface area contributed by atoms with E-state index in [2.05, 4.69) is 15.3 Å². The van der Waals surface area contributed by atoms with E-state index >= 15 is 0 Å². The van der Waals surface area contributed by atoms with Crippen molar-refractivity contribution in [2.24, 2.45) is 5.73 Å². The molecule has 0 aliphatic rings. The molecule has 2 heterocycles. The molecule has 0 atom stereocenters. The minimum Gasteiger partial charge on any atom is -0.365 e. The van der Waals surface area contributed by atoms with Gasteiger partial charge in [0.25, 0.3) is 11.8 Å². The Labute approximate surface area is 161 Å². The Hall–Kier alpha value is -3.68. The number of primary amides is 1. The van der Waals surface area contributed by atoms with Gasteiger partial charge in [-0.3, -0.25) is 14.4 Å². The van der Waals surface area contributed by atoms with Crippen LogP contribution in [0.3, 0.4) is 0 Å². The van der Waals surface area contributed by atoms with E-state index in [0.29, 0.717) is 28.8 Å². The molecule has 0 radical (unpaired) electrons. The molecule has 3 amide bonds. The number of nitrogens with two attached hydrogens (primary N) is 1. The molecule has 0 bridgehead atoms. The van der Waals surface area contributed by atoms with Crippen LogP contribution in [0.25, 0.3) is 10.9 Å². The Morgan fingerprint density at radius 1 is 1.21 bits per heavy atom. The van der Waals surface area contributed by atoms with E-state index in [1.165, 1.54) is 6.92 Å². The van der Waals surface area contributed by atoms with Crippen LogP contribution in [0.4, 0.5) is 11.5 Å². The number of pyridine rings is 1. The maximum Gasteiger partial charge on any atom is 0.275 e. The first-order valence-electron chi connectivity index (χ1n) is 8.80. The number of hydrogen-bond donors (Lipinski definition) is 3. The van der Waals surface area contributed by atoms with Crippen molar-refractivity contribution in [3.05, 3.63) is 53.3 Å². The zero-order valence-corrected chi connectivity index (χ0v) is 15.9. The van der Waals surface area contributed by atoms with Gasteiger partial charge in [-0.25, -0.2) is 4.98 Å². The summed E-state index contributed by atoms with van der Waals surface area (Å²) in [4.78, 5) is 45.1. The summed E-state index contributed by atoms with van der Waals surface area (Å²) >= 11 is 0. The van der Waals surface area contributed by atoms with Crippen LogP contribution < -0.4 is 16.0 Å². The second-order valence-electron chi connectivity index (χ2n) is 6.35. The highest BCUT2D eigenvalue weighted by atomic mass is 16.2. The lowest BCUT2D eigenvalue weighted by Crippen LogP contribution is -2.27. The van der Waals surface area contributed by atoms with E-state index in [1.807, 2.05) is 6.92 Å². The fourth-order valence-corrected chi connectivity index (χ4v) is 3.14. The number of anilines is 2. The fourth-order valence-electron chi connectivity index (χ4n) is 3.14. The van der Waals surface area contributed by atoms with Gasteiger partial charge in [-0.15, -0.1) is 0 Å². The SMILES string of the molecule is CCN(C(C)=O)c1ccc2c(C(N)=O)c(NC(=O)c3cccc(C)n3)[nH]c2c1. The molecule has 2 aromatic heterocycles. The van der Waals surface area contributed by atoms with Gasteiger partial charge in [0.05, 0.1) is 5.56 Å². The number of nitrogens with zero attached hydrogens (tertiary/aromatic N) is 2. The Morgan fingerprint density at radius 3 is 2.57 bits per heavy atom. The van der Waals surface area contributed by atoms with E-state index in [0.717, 1.165) is 0 Å². The number of fused-ring (bicyclic) bond motifs is 1. The Kier molecular flexibility index (Phi) is 5.12. The van der Waals surface area contributed by atoms with Crippen molar-refractivity contribution in [2.45, 2.75) is 20.8 Å². The number of aryl methyl sites for hydroxylation is 1. The number of aromatic nitrogens is 2. The van der Waals surface area contributed by atoms with Crippen LogP contribution in [0.15, 0.2) is 36.4 Å². The molecule has 0 aliphatic heterocycles. The molecule has 0 spiro atoms. The molecular weight excluding hydrogens is 358 g/mol. The van der Waals surface area contributed by atoms with Gasteiger partial charge in [-0.05, 0) is 44.2 Å². The van der Waals surface area contributed by atoms with E-state index in [1.54, 1.807) is 48.2 Å². The second kappa shape index (κ2) is 7.51. The summed E-state index contributed by atoms with van der Waals surface area (Å²) in [6.07, 6.45) is 0. The predicted octanol–water partition coefficient (Wildman–Crippen LogP) is 2.60. The minimum atomic E-state index is -0.676. The summed E-state index contributed by atoms with van der Waals surface area (Å²) in [5.41, 5.74) is 7.91. The van der Waals surface area contributed by atoms with Crippen molar-refractivity contribution < 1.29 is 14.4 Å². The lowest BCUT2D eigenvalue weighted by Gasteiger charge is -2.18. The molecule has 0 aliphatic carbocycles. The Bertz CT molecular complexity index is 1090. The number of amides is 3. The van der Waals surface area contributed by atoms with Crippen LogP contribution in [0.1, 0.15) is 40.4 Å². The monoisotopic (exact) mass is 379 g/mol. The quantitative estimate of drug-likeness (QED) is 0.631. The van der Waals surface area contributed by atoms with Gasteiger partial charge in [-0.2, -0.15) is 0 Å². The Balaban J connectivity index is 2.04. The van der Waals surface area contributed by atoms with Crippen molar-refractivity contribution in [3.63, 3.8) is 0 Å². The van der Waals surface area contributed by atoms with Crippen molar-refractivity contribution in [3.8, 4) is 0 Å². The van der Waals surface area contributed by atoms with Crippen molar-refractivity contribution >= 4 is 40.1 Å². The summed E-state index contributed by atoms with van der Waals surface area (Å²) in [7, 11) is 0. The summed E-state index contributed by atoms with van der Waals surface area (Å²) in [6.45, 7) is 5.64. The highest BCUT2D eigenvalue weighted by molar-refractivity contribution is 6.15. The molecule has 3 rings (SSSR count). The Morgan fingerprint density at radius 2 is 1.96 bits per heavy atom. The zero-order chi connectivity index (χ0) is 20.4. The van der Waals surface area contributed by atoms with Gasteiger partial charge >= 0.3 is 0 Å². The van der Waals surface area contributed by atoms with Crippen LogP contribution in [0, 0.1) is 6.92 Å². The molecule has 1 aromatic carbocycles. The molecule has 0 saturated heterocycles. The van der Waals surface area contributed by atoms with Gasteiger partial charge in [0, 0.05) is 35.8 Å². The molecule has 0 fully saturated rings. The number of hydrogen-bond acceptors (Lipinski definition) is 4. The number of carbonyl (C=O) groups excluding carboxylic acids is 3. The highest BCUT2D eigenvalue weighted by Crippen LogP contribution is 2.30. The van der Waals surface area contributed by atoms with Crippen LogP contribution >= 0.6 is 0 Å². The van der Waals surface area contributed by atoms with Crippen LogP contribution in [0.2, 0.25) is 0 Å². The van der Waals surface area contributed by atoms with Gasteiger partial charge in [0.15, 0.2) is 0 Å². The average Bonchev–Trinajstić information content (AvgIpc) is 2.99. The predicted molar refractivity (Wildman–Crippen MR) is 107 cm³/mol. The standard InChI is InChI=1S/C20H21N5O3/c1-4-25(12(3)26)13-8-9-14-16(10-13)23-19(17(14)18(21)27)24-20(28)15-7-5-6-11(2)22-15/h5-10,23H,4H2,1-3H3,(H2,21,27)(H,24,28). The van der Waals surface area contributed by atoms with Crippen molar-refractivity contribution in [2.75, 3.05) is 16.8 Å². The van der Waals surface area contributed by atoms with E-state index in [-0.39, 0.29) is 23.0 Å². The topological polar surface area (TPSA) is 121 Å². The largest absolute Gasteiger partial charge is 0.365 e. The average molecular weight is 379 g/mol. The third-order valence-corrected chi connectivity index (χ3v) is 4.40. The van der Waals surface area contributed by atoms with Crippen LogP contribution in [-0.4, -0.2) is 34.2 Å². The molecule has 0 unspecified atom stereocenters. The first-order chi connectivity index (χ1) is 13.3. The zero-order valence-electron chi connectivity index (χ0n) is 15.9. The number of aromatic amines is 1. The van der Waals surface area contributed by atoms with Crippen LogP contribution in [0.5, 0.6) is 0 Å². The molecular formula is C20H21N5O3. The first kappa shape index (κ1) is 19.1. The van der Waals surface area contributed by atoms with E-state index in [4.69, 9.17) is 5.73 Å². The smallest absolute Gasteiger partial charge is 0.275 e. The number of rotatable bonds is 5. The molecule has 144 valence electrons. The molecule has 3 aromatic rings. The number of nitrogens with one attached hydrogen (secondary N) is 2. The third-order valence-electron chi connectivity index (χ3n) is 4.40. The fraction of sp³-hybridized carbons (Fsp3) is 0.200. The summed E-state index contributed by atoms with van der Waals surface area (Å²) < 4.78 is 0. The van der Waals surface area contributed by atoms with Crippen molar-refractivity contribution in [1.82, 2.24) is 9.97 Å². The van der Waals surface area contributed by atoms with Crippen LogP contribution in [-0.2, 0) is 4.79 Å². The molecule has 8 heteroatoms. The van der Waals surface area contributed by atoms with Gasteiger partial charge in [0.1, 0.15) is 11.5 Å². The maximum absolute atomic E-state index is 12.5. The lowest BCUT2D eigenvalue weighted by molar-refractivity contribution is -0.116. The molecule has 4 N–H and O–H groups in total. The highest BCUT2D eigenvalue weighted by Gasteiger charge is 2.20. The molecule has 28 heavy (non-hydrogen) atoms. The van der Waals surface area contributed by atoms with Gasteiger partial charge in [-0.1, -0.05) is 6.07 Å². The maximum atomic E-state index is 12.5. The lowest BCUT2D eigenvalue weighted by atomic mass is 10.1. The van der Waals surface area contributed by atoms with E-state index < -0.39 is 11.8 Å². The van der Waals surface area contributed by atoms with Gasteiger partial charge in [0.2, 0.25) is 5.91 Å². The number of carbonyl (C=O) groups is 3. The molecule has 0 saturated carbocycles. The summed E-state index contributed by atoms with van der Waals surface area (Å²) in [5, 5.41) is 3.23. The first-order valence-corrected chi connectivity index (χ1v) is 8.80. The minimum absolute atomic E-state index is 0.0948. The number of benzene rings is 1. The van der Waals surface area contributed by atoms with E-state index in [9.17, 15) is 14.4 Å². The second-order valence-corrected chi connectivity index (χ2v) is 6.35. The van der Waals surface area contributed by atoms with Crippen molar-refractivity contribution in [1.29, 1.82) is 0 Å². The summed E-state index contributed by atoms with van der Waals surface area (Å²) in [6, 6.07) is 10.3.